The van der Waals surface area contributed by atoms with Gasteiger partial charge in [-0.1, -0.05) is 0 Å². The highest BCUT2D eigenvalue weighted by atomic mass is 32.2. The van der Waals surface area contributed by atoms with Crippen LogP contribution in [0.25, 0.3) is 0 Å². The molecule has 27 heavy (non-hydrogen) atoms. The summed E-state index contributed by atoms with van der Waals surface area (Å²) in [5, 5.41) is -0.150. The fraction of sp³-hybridized carbons (Fsp3) is 0.438. The molecule has 1 saturated heterocycles. The maximum atomic E-state index is 13.0. The summed E-state index contributed by atoms with van der Waals surface area (Å²) >= 11 is 0. The monoisotopic (exact) mass is 414 g/mol. The number of rotatable bonds is 7. The van der Waals surface area contributed by atoms with E-state index in [9.17, 15) is 16.8 Å². The minimum atomic E-state index is -3.93. The minimum absolute atomic E-state index is 0.0486. The van der Waals surface area contributed by atoms with Crippen molar-refractivity contribution in [3.05, 3.63) is 30.7 Å². The molecule has 2 heterocycles. The van der Waals surface area contributed by atoms with Crippen LogP contribution in [0.5, 0.6) is 5.75 Å². The van der Waals surface area contributed by atoms with Gasteiger partial charge in [0, 0.05) is 26.3 Å². The first-order valence-corrected chi connectivity index (χ1v) is 11.4. The van der Waals surface area contributed by atoms with Crippen LogP contribution in [-0.4, -0.2) is 50.4 Å². The van der Waals surface area contributed by atoms with Crippen LogP contribution >= 0.6 is 0 Å². The Kier molecular flexibility index (Phi) is 5.45. The molecule has 1 aliphatic heterocycles. The quantitative estimate of drug-likeness (QED) is 0.733. The van der Waals surface area contributed by atoms with E-state index in [1.165, 1.54) is 39.6 Å². The van der Waals surface area contributed by atoms with Crippen LogP contribution in [0.15, 0.2) is 40.6 Å². The lowest BCUT2D eigenvalue weighted by Crippen LogP contribution is -2.28. The van der Waals surface area contributed by atoms with E-state index in [0.29, 0.717) is 19.7 Å². The van der Waals surface area contributed by atoms with Crippen molar-refractivity contribution in [2.24, 2.45) is 7.05 Å². The maximum absolute atomic E-state index is 13.0. The molecule has 0 radical (unpaired) electrons. The maximum Gasteiger partial charge on any atom is 0.280 e. The second-order valence-electron chi connectivity index (χ2n) is 6.19. The highest BCUT2D eigenvalue weighted by Crippen LogP contribution is 2.32. The zero-order chi connectivity index (χ0) is 19.7. The van der Waals surface area contributed by atoms with Crippen LogP contribution in [0, 0.1) is 0 Å². The zero-order valence-corrected chi connectivity index (χ0v) is 16.8. The molecule has 11 heteroatoms. The number of benzene rings is 1. The number of aryl methyl sites for hydroxylation is 1. The van der Waals surface area contributed by atoms with Crippen molar-refractivity contribution >= 4 is 25.7 Å². The number of nitrogens with one attached hydrogen (secondary N) is 1. The Morgan fingerprint density at radius 1 is 1.19 bits per heavy atom. The first kappa shape index (κ1) is 19.6. The molecule has 0 atom stereocenters. The Morgan fingerprint density at radius 2 is 1.89 bits per heavy atom. The van der Waals surface area contributed by atoms with Crippen LogP contribution in [0.2, 0.25) is 0 Å². The van der Waals surface area contributed by atoms with Crippen molar-refractivity contribution in [3.63, 3.8) is 0 Å². The molecule has 2 aromatic rings. The van der Waals surface area contributed by atoms with E-state index in [-0.39, 0.29) is 21.4 Å². The summed E-state index contributed by atoms with van der Waals surface area (Å²) in [5.41, 5.74) is 0.127. The van der Waals surface area contributed by atoms with Gasteiger partial charge in [0.05, 0.1) is 18.6 Å². The van der Waals surface area contributed by atoms with Crippen molar-refractivity contribution in [1.29, 1.82) is 0 Å². The van der Waals surface area contributed by atoms with Gasteiger partial charge in [0.25, 0.3) is 10.0 Å². The molecule has 0 aliphatic carbocycles. The van der Waals surface area contributed by atoms with Gasteiger partial charge < -0.3 is 9.30 Å². The molecule has 1 aliphatic rings. The third-order valence-corrected chi connectivity index (χ3v) is 7.32. The molecule has 0 amide bonds. The first-order chi connectivity index (χ1) is 12.7. The molecule has 3 rings (SSSR count). The summed E-state index contributed by atoms with van der Waals surface area (Å²) in [7, 11) is -6.05. The number of imidazole rings is 1. The molecule has 0 bridgehead atoms. The van der Waals surface area contributed by atoms with Gasteiger partial charge in [0.1, 0.15) is 10.6 Å². The third kappa shape index (κ3) is 4.09. The normalized spacial score (nSPS) is 15.8. The van der Waals surface area contributed by atoms with Crippen LogP contribution < -0.4 is 9.46 Å². The first-order valence-electron chi connectivity index (χ1n) is 8.52. The molecular weight excluding hydrogens is 392 g/mol. The molecular formula is C16H22N4O5S2. The highest BCUT2D eigenvalue weighted by Gasteiger charge is 2.30. The fourth-order valence-electron chi connectivity index (χ4n) is 2.85. The van der Waals surface area contributed by atoms with Gasteiger partial charge in [-0.2, -0.15) is 12.7 Å². The summed E-state index contributed by atoms with van der Waals surface area (Å²) in [4.78, 5) is 3.78. The fourth-order valence-corrected chi connectivity index (χ4v) is 5.56. The Morgan fingerprint density at radius 3 is 2.48 bits per heavy atom. The van der Waals surface area contributed by atoms with E-state index >= 15 is 0 Å². The predicted molar refractivity (Wildman–Crippen MR) is 99.6 cm³/mol. The third-order valence-electron chi connectivity index (χ3n) is 4.14. The lowest BCUT2D eigenvalue weighted by atomic mass is 10.3. The van der Waals surface area contributed by atoms with Crippen LogP contribution in [0.4, 0.5) is 5.69 Å². The number of aromatic nitrogens is 2. The van der Waals surface area contributed by atoms with E-state index in [1.807, 2.05) is 0 Å². The molecule has 1 fully saturated rings. The smallest absolute Gasteiger partial charge is 0.280 e. The second kappa shape index (κ2) is 7.49. The van der Waals surface area contributed by atoms with E-state index in [2.05, 4.69) is 9.71 Å². The molecule has 1 aromatic heterocycles. The van der Waals surface area contributed by atoms with Crippen molar-refractivity contribution in [1.82, 2.24) is 13.9 Å². The van der Waals surface area contributed by atoms with E-state index < -0.39 is 20.0 Å². The van der Waals surface area contributed by atoms with Crippen molar-refractivity contribution < 1.29 is 21.6 Å². The van der Waals surface area contributed by atoms with Gasteiger partial charge in [-0.25, -0.2) is 13.4 Å². The molecule has 9 nitrogen and oxygen atoms in total. The van der Waals surface area contributed by atoms with E-state index in [4.69, 9.17) is 4.74 Å². The SMILES string of the molecule is CCOc1ccc(NS(=O)(=O)c2cn(C)cn2)cc1S(=O)(=O)N1CCCC1. The number of hydrogen-bond acceptors (Lipinski definition) is 6. The van der Waals surface area contributed by atoms with Crippen LogP contribution in [0.3, 0.4) is 0 Å². The average Bonchev–Trinajstić information content (AvgIpc) is 3.28. The Balaban J connectivity index is 1.98. The van der Waals surface area contributed by atoms with Gasteiger partial charge >= 0.3 is 0 Å². The summed E-state index contributed by atoms with van der Waals surface area (Å²) in [5.74, 6) is 0.199. The standard InChI is InChI=1S/C16H22N4O5S2/c1-3-25-14-7-6-13(18-26(21,22)16-11-19(2)12-17-16)10-15(14)27(23,24)20-8-4-5-9-20/h6-7,10-12,18H,3-5,8-9H2,1-2H3. The molecule has 0 unspecified atom stereocenters. The van der Waals surface area contributed by atoms with Gasteiger partial charge in [-0.15, -0.1) is 0 Å². The minimum Gasteiger partial charge on any atom is -0.492 e. The number of ether oxygens (including phenoxy) is 1. The largest absolute Gasteiger partial charge is 0.492 e. The Hall–Kier alpha value is -2.11. The predicted octanol–water partition coefficient (Wildman–Crippen LogP) is 1.40. The Bertz CT molecular complexity index is 1020. The van der Waals surface area contributed by atoms with Crippen LogP contribution in [0.1, 0.15) is 19.8 Å². The number of sulfonamides is 2. The van der Waals surface area contributed by atoms with Gasteiger partial charge in [-0.05, 0) is 38.0 Å². The summed E-state index contributed by atoms with van der Waals surface area (Å²) in [6, 6.07) is 4.22. The van der Waals surface area contributed by atoms with Gasteiger partial charge in [0.2, 0.25) is 10.0 Å². The number of anilines is 1. The van der Waals surface area contributed by atoms with E-state index in [1.54, 1.807) is 14.0 Å². The van der Waals surface area contributed by atoms with Crippen molar-refractivity contribution in [2.75, 3.05) is 24.4 Å². The lowest BCUT2D eigenvalue weighted by molar-refractivity contribution is 0.330. The van der Waals surface area contributed by atoms with Crippen molar-refractivity contribution in [2.45, 2.75) is 29.7 Å². The Labute approximate surface area is 159 Å². The molecule has 0 saturated carbocycles. The average molecular weight is 415 g/mol. The molecule has 1 N–H and O–H groups in total. The topological polar surface area (TPSA) is 111 Å². The lowest BCUT2D eigenvalue weighted by Gasteiger charge is -2.19. The summed E-state index contributed by atoms with van der Waals surface area (Å²) < 4.78 is 61.6. The summed E-state index contributed by atoms with van der Waals surface area (Å²) in [6.45, 7) is 2.93. The zero-order valence-electron chi connectivity index (χ0n) is 15.1. The summed E-state index contributed by atoms with van der Waals surface area (Å²) in [6.07, 6.45) is 4.33. The highest BCUT2D eigenvalue weighted by molar-refractivity contribution is 7.92. The van der Waals surface area contributed by atoms with Gasteiger partial charge in [0.15, 0.2) is 5.03 Å². The molecule has 148 valence electrons. The number of nitrogens with zero attached hydrogens (tertiary/aromatic N) is 3. The van der Waals surface area contributed by atoms with Crippen molar-refractivity contribution in [3.8, 4) is 5.75 Å². The van der Waals surface area contributed by atoms with E-state index in [0.717, 1.165) is 12.8 Å². The van der Waals surface area contributed by atoms with Crippen LogP contribution in [-0.2, 0) is 27.1 Å². The molecule has 1 aromatic carbocycles. The number of hydrogen-bond donors (Lipinski definition) is 1. The van der Waals surface area contributed by atoms with Gasteiger partial charge in [-0.3, -0.25) is 4.72 Å². The second-order valence-corrected chi connectivity index (χ2v) is 9.72. The molecule has 0 spiro atoms.